The van der Waals surface area contributed by atoms with E-state index < -0.39 is 0 Å². The lowest BCUT2D eigenvalue weighted by Gasteiger charge is -2.17. The average molecular weight is 346 g/mol. The molecule has 2 aliphatic rings. The molecule has 0 unspecified atom stereocenters. The molecule has 3 N–H and O–H groups in total. The van der Waals surface area contributed by atoms with Gasteiger partial charge in [-0.2, -0.15) is 0 Å². The van der Waals surface area contributed by atoms with E-state index in [4.69, 9.17) is 15.2 Å². The Morgan fingerprint density at radius 3 is 2.64 bits per heavy atom. The molecule has 1 amide bonds. The Kier molecular flexibility index (Phi) is 6.19. The van der Waals surface area contributed by atoms with Crippen molar-refractivity contribution in [3.05, 3.63) is 23.8 Å². The largest absolute Gasteiger partial charge is 0.493 e. The van der Waals surface area contributed by atoms with Gasteiger partial charge in [0.15, 0.2) is 11.5 Å². The second kappa shape index (κ2) is 8.56. The van der Waals surface area contributed by atoms with Crippen LogP contribution in [-0.2, 0) is 11.3 Å². The first kappa shape index (κ1) is 18.1. The zero-order valence-corrected chi connectivity index (χ0v) is 15.1. The van der Waals surface area contributed by atoms with Gasteiger partial charge in [0.05, 0.1) is 13.2 Å². The van der Waals surface area contributed by atoms with E-state index in [-0.39, 0.29) is 18.1 Å². The molecule has 0 spiro atoms. The highest BCUT2D eigenvalue weighted by atomic mass is 16.5. The number of hydrogen-bond donors (Lipinski definition) is 2. The molecule has 0 radical (unpaired) electrons. The molecule has 2 atom stereocenters. The molecule has 0 saturated heterocycles. The molecule has 2 aliphatic carbocycles. The Bertz CT molecular complexity index is 584. The summed E-state index contributed by atoms with van der Waals surface area (Å²) >= 11 is 0. The fraction of sp³-hybridized carbons (Fsp3) is 0.650. The lowest BCUT2D eigenvalue weighted by Crippen LogP contribution is -2.31. The first-order valence-electron chi connectivity index (χ1n) is 9.51. The number of rotatable bonds is 7. The van der Waals surface area contributed by atoms with Crippen molar-refractivity contribution in [2.45, 2.75) is 70.1 Å². The van der Waals surface area contributed by atoms with Gasteiger partial charge in [0.1, 0.15) is 0 Å². The maximum atomic E-state index is 12.2. The van der Waals surface area contributed by atoms with Crippen LogP contribution in [0.2, 0.25) is 0 Å². The first-order chi connectivity index (χ1) is 12.2. The lowest BCUT2D eigenvalue weighted by molar-refractivity contribution is -0.122. The molecule has 0 heterocycles. The number of carbonyl (C=O) groups excluding carboxylic acids is 1. The molecule has 2 saturated carbocycles. The maximum absolute atomic E-state index is 12.2. The predicted octanol–water partition coefficient (Wildman–Crippen LogP) is 3.15. The van der Waals surface area contributed by atoms with E-state index in [0.717, 1.165) is 49.2 Å². The highest BCUT2D eigenvalue weighted by Crippen LogP contribution is 2.32. The van der Waals surface area contributed by atoms with Gasteiger partial charge < -0.3 is 20.5 Å². The van der Waals surface area contributed by atoms with Crippen LogP contribution in [0.4, 0.5) is 0 Å². The molecule has 3 rings (SSSR count). The zero-order valence-electron chi connectivity index (χ0n) is 15.1. The second-order valence-corrected chi connectivity index (χ2v) is 7.35. The van der Waals surface area contributed by atoms with Crippen LogP contribution < -0.4 is 20.5 Å². The number of ether oxygens (including phenoxy) is 2. The van der Waals surface area contributed by atoms with Crippen LogP contribution in [0.1, 0.15) is 56.9 Å². The molecule has 2 fully saturated rings. The Morgan fingerprint density at radius 2 is 1.96 bits per heavy atom. The van der Waals surface area contributed by atoms with Gasteiger partial charge in [0.25, 0.3) is 0 Å². The van der Waals surface area contributed by atoms with Crippen molar-refractivity contribution >= 4 is 5.91 Å². The minimum atomic E-state index is 0.0800. The van der Waals surface area contributed by atoms with Gasteiger partial charge in [0.2, 0.25) is 5.91 Å². The van der Waals surface area contributed by atoms with E-state index in [0.29, 0.717) is 18.9 Å². The third-order valence-corrected chi connectivity index (χ3v) is 5.48. The van der Waals surface area contributed by atoms with Crippen molar-refractivity contribution in [3.8, 4) is 11.5 Å². The molecule has 0 aromatic heterocycles. The van der Waals surface area contributed by atoms with E-state index >= 15 is 0 Å². The van der Waals surface area contributed by atoms with Crippen molar-refractivity contribution < 1.29 is 14.3 Å². The summed E-state index contributed by atoms with van der Waals surface area (Å²) in [5, 5.41) is 3.01. The van der Waals surface area contributed by atoms with Crippen molar-refractivity contribution in [3.63, 3.8) is 0 Å². The topological polar surface area (TPSA) is 73.6 Å². The number of hydrogen-bond acceptors (Lipinski definition) is 4. The highest BCUT2D eigenvalue weighted by Gasteiger charge is 2.26. The maximum Gasteiger partial charge on any atom is 0.220 e. The van der Waals surface area contributed by atoms with Crippen molar-refractivity contribution in [2.24, 2.45) is 11.7 Å². The van der Waals surface area contributed by atoms with E-state index in [1.807, 2.05) is 18.2 Å². The number of benzene rings is 1. The SMILES string of the molecule is COc1ccc(CNC(=O)C[C@@H]2CCC[C@H]2N)cc1OC1CCCC1. The van der Waals surface area contributed by atoms with E-state index in [2.05, 4.69) is 5.32 Å². The molecule has 5 heteroatoms. The summed E-state index contributed by atoms with van der Waals surface area (Å²) in [7, 11) is 1.66. The molecule has 1 aromatic carbocycles. The number of methoxy groups -OCH3 is 1. The van der Waals surface area contributed by atoms with Crippen molar-refractivity contribution in [1.29, 1.82) is 0 Å². The Morgan fingerprint density at radius 1 is 1.16 bits per heavy atom. The van der Waals surface area contributed by atoms with Crippen LogP contribution in [0.3, 0.4) is 0 Å². The predicted molar refractivity (Wildman–Crippen MR) is 97.7 cm³/mol. The Hall–Kier alpha value is -1.75. The van der Waals surface area contributed by atoms with Gasteiger partial charge in [-0.15, -0.1) is 0 Å². The fourth-order valence-corrected chi connectivity index (χ4v) is 3.94. The zero-order chi connectivity index (χ0) is 17.6. The molecular formula is C20H30N2O3. The Balaban J connectivity index is 1.55. The quantitative estimate of drug-likeness (QED) is 0.795. The molecular weight excluding hydrogens is 316 g/mol. The van der Waals surface area contributed by atoms with Crippen LogP contribution >= 0.6 is 0 Å². The first-order valence-corrected chi connectivity index (χ1v) is 9.51. The van der Waals surface area contributed by atoms with Crippen LogP contribution in [0.5, 0.6) is 11.5 Å². The summed E-state index contributed by atoms with van der Waals surface area (Å²) in [4.78, 5) is 12.2. The van der Waals surface area contributed by atoms with E-state index in [1.54, 1.807) is 7.11 Å². The highest BCUT2D eigenvalue weighted by molar-refractivity contribution is 5.76. The van der Waals surface area contributed by atoms with E-state index in [9.17, 15) is 4.79 Å². The third-order valence-electron chi connectivity index (χ3n) is 5.48. The summed E-state index contributed by atoms with van der Waals surface area (Å²) in [6.45, 7) is 0.506. The molecule has 138 valence electrons. The van der Waals surface area contributed by atoms with Gasteiger partial charge in [-0.1, -0.05) is 12.5 Å². The summed E-state index contributed by atoms with van der Waals surface area (Å²) in [6, 6.07) is 6.05. The van der Waals surface area contributed by atoms with Crippen LogP contribution in [0.15, 0.2) is 18.2 Å². The molecule has 5 nitrogen and oxygen atoms in total. The average Bonchev–Trinajstić information content (AvgIpc) is 3.26. The van der Waals surface area contributed by atoms with Crippen molar-refractivity contribution in [1.82, 2.24) is 5.32 Å². The fourth-order valence-electron chi connectivity index (χ4n) is 3.94. The minimum absolute atomic E-state index is 0.0800. The summed E-state index contributed by atoms with van der Waals surface area (Å²) in [5.74, 6) is 1.94. The molecule has 0 aliphatic heterocycles. The molecule has 25 heavy (non-hydrogen) atoms. The van der Waals surface area contributed by atoms with Gasteiger partial charge in [0, 0.05) is 19.0 Å². The molecule has 1 aromatic rings. The second-order valence-electron chi connectivity index (χ2n) is 7.35. The number of nitrogens with one attached hydrogen (secondary N) is 1. The summed E-state index contributed by atoms with van der Waals surface area (Å²) < 4.78 is 11.5. The Labute approximate surface area is 150 Å². The van der Waals surface area contributed by atoms with Crippen LogP contribution in [0.25, 0.3) is 0 Å². The number of nitrogens with two attached hydrogens (primary N) is 1. The normalized spacial score (nSPS) is 23.6. The van der Waals surface area contributed by atoms with Crippen molar-refractivity contribution in [2.75, 3.05) is 7.11 Å². The number of carbonyl (C=O) groups is 1. The monoisotopic (exact) mass is 346 g/mol. The summed E-state index contributed by atoms with van der Waals surface area (Å²) in [5.41, 5.74) is 7.08. The minimum Gasteiger partial charge on any atom is -0.493 e. The summed E-state index contributed by atoms with van der Waals surface area (Å²) in [6.07, 6.45) is 8.72. The number of amides is 1. The lowest BCUT2D eigenvalue weighted by atomic mass is 10.00. The van der Waals surface area contributed by atoms with E-state index in [1.165, 1.54) is 12.8 Å². The third kappa shape index (κ3) is 4.88. The van der Waals surface area contributed by atoms with Crippen LogP contribution in [0, 0.1) is 5.92 Å². The molecule has 0 bridgehead atoms. The van der Waals surface area contributed by atoms with Gasteiger partial charge >= 0.3 is 0 Å². The van der Waals surface area contributed by atoms with Gasteiger partial charge in [-0.3, -0.25) is 4.79 Å². The van der Waals surface area contributed by atoms with Gasteiger partial charge in [-0.25, -0.2) is 0 Å². The standard InChI is InChI=1S/C20H30N2O3/c1-24-18-10-9-14(11-19(18)25-16-6-2-3-7-16)13-22-20(23)12-15-5-4-8-17(15)21/h9-11,15-17H,2-8,12-13,21H2,1H3,(H,22,23)/t15-,17+/m0/s1. The smallest absolute Gasteiger partial charge is 0.220 e. The van der Waals surface area contributed by atoms with Gasteiger partial charge in [-0.05, 0) is 62.1 Å². The van der Waals surface area contributed by atoms with Crippen LogP contribution in [-0.4, -0.2) is 25.2 Å².